The van der Waals surface area contributed by atoms with Crippen LogP contribution in [0.2, 0.25) is 0 Å². The van der Waals surface area contributed by atoms with Crippen LogP contribution in [0.1, 0.15) is 23.9 Å². The number of rotatable bonds is 3. The molecule has 0 saturated heterocycles. The van der Waals surface area contributed by atoms with E-state index in [0.29, 0.717) is 12.0 Å². The Morgan fingerprint density at radius 1 is 1.39 bits per heavy atom. The van der Waals surface area contributed by atoms with E-state index in [9.17, 15) is 14.3 Å². The van der Waals surface area contributed by atoms with Gasteiger partial charge in [-0.25, -0.2) is 4.39 Å². The summed E-state index contributed by atoms with van der Waals surface area (Å²) >= 11 is 0. The molecule has 2 rings (SSSR count). The minimum atomic E-state index is -0.378. The van der Waals surface area contributed by atoms with Gasteiger partial charge in [-0.15, -0.1) is 0 Å². The molecule has 18 heavy (non-hydrogen) atoms. The predicted octanol–water partition coefficient (Wildman–Crippen LogP) is 1.77. The van der Waals surface area contributed by atoms with E-state index < -0.39 is 0 Å². The summed E-state index contributed by atoms with van der Waals surface area (Å²) in [5, 5.41) is 9.59. The van der Waals surface area contributed by atoms with Crippen LogP contribution in [0.5, 0.6) is 5.88 Å². The van der Waals surface area contributed by atoms with Crippen molar-refractivity contribution in [3.63, 3.8) is 0 Å². The van der Waals surface area contributed by atoms with Gasteiger partial charge >= 0.3 is 0 Å². The van der Waals surface area contributed by atoms with Crippen LogP contribution in [0.25, 0.3) is 0 Å². The maximum Gasteiger partial charge on any atom is 0.257 e. The van der Waals surface area contributed by atoms with Crippen LogP contribution in [0.3, 0.4) is 0 Å². The lowest BCUT2D eigenvalue weighted by Crippen LogP contribution is -2.16. The predicted molar refractivity (Wildman–Crippen MR) is 65.1 cm³/mol. The van der Waals surface area contributed by atoms with Gasteiger partial charge in [0.25, 0.3) is 5.56 Å². The summed E-state index contributed by atoms with van der Waals surface area (Å²) in [5.74, 6) is -0.397. The zero-order chi connectivity index (χ0) is 13.1. The van der Waals surface area contributed by atoms with E-state index in [1.54, 1.807) is 25.1 Å². The molecule has 0 saturated carbocycles. The highest BCUT2D eigenvalue weighted by molar-refractivity contribution is 5.25. The van der Waals surface area contributed by atoms with E-state index in [-0.39, 0.29) is 35.1 Å². The Morgan fingerprint density at radius 3 is 2.72 bits per heavy atom. The van der Waals surface area contributed by atoms with Crippen LogP contribution >= 0.6 is 0 Å². The lowest BCUT2D eigenvalue weighted by molar-refractivity contribution is 0.440. The number of aromatic amines is 1. The second kappa shape index (κ2) is 5.00. The average molecular weight is 248 g/mol. The molecule has 4 nitrogen and oxygen atoms in total. The lowest BCUT2D eigenvalue weighted by Gasteiger charge is -2.05. The SMILES string of the molecule is CCc1c(O)nc(Cc2ccccc2F)[nH]c1=O. The number of aromatic hydroxyl groups is 1. The van der Waals surface area contributed by atoms with Crippen molar-refractivity contribution in [3.8, 4) is 5.88 Å². The number of aromatic nitrogens is 2. The zero-order valence-corrected chi connectivity index (χ0v) is 9.90. The van der Waals surface area contributed by atoms with Gasteiger partial charge in [0, 0.05) is 6.42 Å². The number of hydrogen-bond acceptors (Lipinski definition) is 3. The molecular weight excluding hydrogens is 235 g/mol. The standard InChI is InChI=1S/C13H13FN2O2/c1-2-9-12(17)15-11(16-13(9)18)7-8-5-3-4-6-10(8)14/h3-6H,2,7H2,1H3,(H2,15,16,17,18). The summed E-state index contributed by atoms with van der Waals surface area (Å²) in [6, 6.07) is 6.25. The molecule has 0 aliphatic carbocycles. The monoisotopic (exact) mass is 248 g/mol. The Hall–Kier alpha value is -2.17. The summed E-state index contributed by atoms with van der Waals surface area (Å²) in [5.41, 5.74) is 0.285. The van der Waals surface area contributed by atoms with Crippen molar-refractivity contribution in [3.05, 3.63) is 57.4 Å². The van der Waals surface area contributed by atoms with Gasteiger partial charge in [-0.1, -0.05) is 25.1 Å². The summed E-state index contributed by atoms with van der Waals surface area (Å²) < 4.78 is 13.4. The Kier molecular flexibility index (Phi) is 3.41. The van der Waals surface area contributed by atoms with E-state index in [1.165, 1.54) is 6.07 Å². The molecule has 5 heteroatoms. The van der Waals surface area contributed by atoms with Crippen LogP contribution in [0, 0.1) is 5.82 Å². The van der Waals surface area contributed by atoms with Crippen LogP contribution in [0.15, 0.2) is 29.1 Å². The van der Waals surface area contributed by atoms with Gasteiger partial charge in [0.15, 0.2) is 0 Å². The first-order chi connectivity index (χ1) is 8.61. The second-order valence-electron chi connectivity index (χ2n) is 3.94. The Bertz CT molecular complexity index is 623. The van der Waals surface area contributed by atoms with Gasteiger partial charge in [0.2, 0.25) is 5.88 Å². The molecule has 1 aromatic heterocycles. The smallest absolute Gasteiger partial charge is 0.257 e. The highest BCUT2D eigenvalue weighted by Gasteiger charge is 2.10. The molecule has 0 amide bonds. The number of nitrogens with zero attached hydrogens (tertiary/aromatic N) is 1. The molecule has 2 aromatic rings. The van der Waals surface area contributed by atoms with E-state index in [1.807, 2.05) is 0 Å². The van der Waals surface area contributed by atoms with Crippen LogP contribution in [-0.4, -0.2) is 15.1 Å². The van der Waals surface area contributed by atoms with Crippen molar-refractivity contribution in [2.24, 2.45) is 0 Å². The van der Waals surface area contributed by atoms with Crippen molar-refractivity contribution in [1.82, 2.24) is 9.97 Å². The minimum Gasteiger partial charge on any atom is -0.493 e. The molecule has 0 aliphatic heterocycles. The first-order valence-electron chi connectivity index (χ1n) is 5.66. The van der Waals surface area contributed by atoms with E-state index >= 15 is 0 Å². The van der Waals surface area contributed by atoms with Crippen molar-refractivity contribution in [2.45, 2.75) is 19.8 Å². The summed E-state index contributed by atoms with van der Waals surface area (Å²) in [7, 11) is 0. The molecular formula is C13H13FN2O2. The maximum absolute atomic E-state index is 13.4. The third-order valence-corrected chi connectivity index (χ3v) is 2.71. The molecule has 0 spiro atoms. The Morgan fingerprint density at radius 2 is 2.11 bits per heavy atom. The molecule has 0 unspecified atom stereocenters. The third kappa shape index (κ3) is 2.40. The maximum atomic E-state index is 13.4. The normalized spacial score (nSPS) is 10.6. The van der Waals surface area contributed by atoms with E-state index in [2.05, 4.69) is 9.97 Å². The van der Waals surface area contributed by atoms with Crippen molar-refractivity contribution >= 4 is 0 Å². The van der Waals surface area contributed by atoms with Crippen LogP contribution < -0.4 is 5.56 Å². The molecule has 0 fully saturated rings. The fourth-order valence-electron chi connectivity index (χ4n) is 1.76. The third-order valence-electron chi connectivity index (χ3n) is 2.71. The molecule has 1 aromatic carbocycles. The number of nitrogens with one attached hydrogen (secondary N) is 1. The molecule has 0 atom stereocenters. The molecule has 1 heterocycles. The van der Waals surface area contributed by atoms with E-state index in [0.717, 1.165) is 0 Å². The van der Waals surface area contributed by atoms with Gasteiger partial charge in [0.05, 0.1) is 5.56 Å². The molecule has 2 N–H and O–H groups in total. The number of H-pyrrole nitrogens is 1. The quantitative estimate of drug-likeness (QED) is 0.870. The molecule has 0 bridgehead atoms. The number of benzene rings is 1. The summed E-state index contributed by atoms with van der Waals surface area (Å²) in [6.07, 6.45) is 0.535. The first-order valence-corrected chi connectivity index (χ1v) is 5.66. The second-order valence-corrected chi connectivity index (χ2v) is 3.94. The molecule has 94 valence electrons. The molecule has 0 aliphatic rings. The fraction of sp³-hybridized carbons (Fsp3) is 0.231. The summed E-state index contributed by atoms with van der Waals surface area (Å²) in [6.45, 7) is 1.75. The Labute approximate surface area is 103 Å². The summed E-state index contributed by atoms with van der Waals surface area (Å²) in [4.78, 5) is 18.0. The van der Waals surface area contributed by atoms with Crippen molar-refractivity contribution < 1.29 is 9.50 Å². The largest absolute Gasteiger partial charge is 0.493 e. The average Bonchev–Trinajstić information content (AvgIpc) is 2.32. The van der Waals surface area contributed by atoms with Gasteiger partial charge in [-0.3, -0.25) is 4.79 Å². The molecule has 0 radical (unpaired) electrons. The van der Waals surface area contributed by atoms with Crippen molar-refractivity contribution in [2.75, 3.05) is 0 Å². The van der Waals surface area contributed by atoms with Gasteiger partial charge < -0.3 is 10.1 Å². The zero-order valence-electron chi connectivity index (χ0n) is 9.90. The highest BCUT2D eigenvalue weighted by Crippen LogP contribution is 2.13. The fourth-order valence-corrected chi connectivity index (χ4v) is 1.76. The first kappa shape index (κ1) is 12.3. The minimum absolute atomic E-state index is 0.138. The topological polar surface area (TPSA) is 66.0 Å². The van der Waals surface area contributed by atoms with E-state index in [4.69, 9.17) is 0 Å². The highest BCUT2D eigenvalue weighted by atomic mass is 19.1. The lowest BCUT2D eigenvalue weighted by atomic mass is 10.1. The van der Waals surface area contributed by atoms with Gasteiger partial charge in [0.1, 0.15) is 11.6 Å². The van der Waals surface area contributed by atoms with Gasteiger partial charge in [-0.05, 0) is 18.1 Å². The van der Waals surface area contributed by atoms with Crippen LogP contribution in [-0.2, 0) is 12.8 Å². The van der Waals surface area contributed by atoms with Crippen molar-refractivity contribution in [1.29, 1.82) is 0 Å². The van der Waals surface area contributed by atoms with Gasteiger partial charge in [-0.2, -0.15) is 4.98 Å². The van der Waals surface area contributed by atoms with Crippen LogP contribution in [0.4, 0.5) is 4.39 Å². The number of halogens is 1. The number of hydrogen-bond donors (Lipinski definition) is 2. The Balaban J connectivity index is 2.37.